The van der Waals surface area contributed by atoms with Gasteiger partial charge in [-0.05, 0) is 6.42 Å². The third-order valence-electron chi connectivity index (χ3n) is 1.20. The molecule has 5 nitrogen and oxygen atoms in total. The zero-order valence-corrected chi connectivity index (χ0v) is 8.88. The zero-order chi connectivity index (χ0) is 10.3. The first-order valence-corrected chi connectivity index (χ1v) is 6.12. The number of rotatable bonds is 7. The van der Waals surface area contributed by atoms with Crippen LogP contribution in [-0.2, 0) is 18.4 Å². The lowest BCUT2D eigenvalue weighted by atomic mass is 10.4. The van der Waals surface area contributed by atoms with E-state index in [1.165, 1.54) is 6.66 Å². The van der Waals surface area contributed by atoms with Crippen molar-refractivity contribution in [2.24, 2.45) is 5.73 Å². The van der Waals surface area contributed by atoms with Crippen LogP contribution in [0.2, 0.25) is 0 Å². The molecule has 0 aromatic heterocycles. The number of primary amides is 1. The average Bonchev–Trinajstić information content (AvgIpc) is 2.00. The standard InChI is InChI=1S/C7H16NO4P/c1-3-5-11-13(2,10)12-6-4-7(8)9/h3-6H2,1-2H3,(H2,8,9). The normalized spacial score (nSPS) is 15.2. The molecule has 0 radical (unpaired) electrons. The third kappa shape index (κ3) is 7.96. The molecule has 0 saturated carbocycles. The number of amides is 1. The number of nitrogens with two attached hydrogens (primary N) is 1. The molecule has 6 heteroatoms. The molecule has 1 unspecified atom stereocenters. The lowest BCUT2D eigenvalue weighted by molar-refractivity contribution is -0.118. The first kappa shape index (κ1) is 12.6. The monoisotopic (exact) mass is 209 g/mol. The SMILES string of the molecule is CCCOP(C)(=O)OCCC(N)=O. The van der Waals surface area contributed by atoms with Crippen molar-refractivity contribution in [1.29, 1.82) is 0 Å². The van der Waals surface area contributed by atoms with E-state index in [-0.39, 0.29) is 13.0 Å². The second-order valence-corrected chi connectivity index (χ2v) is 4.71. The van der Waals surface area contributed by atoms with Crippen LogP contribution in [0.15, 0.2) is 0 Å². The van der Waals surface area contributed by atoms with E-state index in [0.717, 1.165) is 6.42 Å². The van der Waals surface area contributed by atoms with E-state index in [1.807, 2.05) is 6.92 Å². The number of hydrogen-bond donors (Lipinski definition) is 1. The molecule has 1 amide bonds. The fourth-order valence-corrected chi connectivity index (χ4v) is 1.62. The number of hydrogen-bond acceptors (Lipinski definition) is 4. The first-order chi connectivity index (χ1) is 5.98. The number of carbonyl (C=O) groups excluding carboxylic acids is 1. The summed E-state index contributed by atoms with van der Waals surface area (Å²) in [4.78, 5) is 10.3. The Bertz CT molecular complexity index is 207. The van der Waals surface area contributed by atoms with Crippen molar-refractivity contribution in [2.45, 2.75) is 19.8 Å². The van der Waals surface area contributed by atoms with Gasteiger partial charge in [0.2, 0.25) is 5.91 Å². The van der Waals surface area contributed by atoms with Crippen molar-refractivity contribution in [3.63, 3.8) is 0 Å². The fourth-order valence-electron chi connectivity index (χ4n) is 0.606. The average molecular weight is 209 g/mol. The van der Waals surface area contributed by atoms with Gasteiger partial charge in [-0.15, -0.1) is 0 Å². The molecule has 0 aliphatic rings. The van der Waals surface area contributed by atoms with Gasteiger partial charge in [-0.1, -0.05) is 6.92 Å². The molecule has 1 atom stereocenters. The maximum absolute atomic E-state index is 11.4. The van der Waals surface area contributed by atoms with Crippen LogP contribution < -0.4 is 5.73 Å². The minimum Gasteiger partial charge on any atom is -0.370 e. The molecule has 0 aromatic rings. The van der Waals surface area contributed by atoms with Gasteiger partial charge in [0, 0.05) is 6.66 Å². The summed E-state index contributed by atoms with van der Waals surface area (Å²) in [7, 11) is -2.97. The Morgan fingerprint density at radius 3 is 2.38 bits per heavy atom. The lowest BCUT2D eigenvalue weighted by Gasteiger charge is -2.12. The molecule has 13 heavy (non-hydrogen) atoms. The van der Waals surface area contributed by atoms with Crippen molar-refractivity contribution in [3.05, 3.63) is 0 Å². The van der Waals surface area contributed by atoms with Crippen LogP contribution in [0, 0.1) is 0 Å². The van der Waals surface area contributed by atoms with Crippen molar-refractivity contribution in [2.75, 3.05) is 19.9 Å². The van der Waals surface area contributed by atoms with Crippen molar-refractivity contribution >= 4 is 13.5 Å². The maximum atomic E-state index is 11.4. The molecular weight excluding hydrogens is 193 g/mol. The summed E-state index contributed by atoms with van der Waals surface area (Å²) in [5.41, 5.74) is 4.87. The second-order valence-electron chi connectivity index (χ2n) is 2.65. The van der Waals surface area contributed by atoms with Crippen LogP contribution in [0.5, 0.6) is 0 Å². The van der Waals surface area contributed by atoms with Crippen molar-refractivity contribution in [3.8, 4) is 0 Å². The van der Waals surface area contributed by atoms with Crippen LogP contribution in [0.4, 0.5) is 0 Å². The van der Waals surface area contributed by atoms with Crippen LogP contribution >= 0.6 is 7.60 Å². The van der Waals surface area contributed by atoms with Gasteiger partial charge in [-0.25, -0.2) is 0 Å². The quantitative estimate of drug-likeness (QED) is 0.637. The van der Waals surface area contributed by atoms with Gasteiger partial charge in [0.15, 0.2) is 0 Å². The summed E-state index contributed by atoms with van der Waals surface area (Å²) in [6, 6.07) is 0. The Balaban J connectivity index is 3.63. The smallest absolute Gasteiger partial charge is 0.327 e. The van der Waals surface area contributed by atoms with Crippen molar-refractivity contribution in [1.82, 2.24) is 0 Å². The Morgan fingerprint density at radius 2 is 1.92 bits per heavy atom. The summed E-state index contributed by atoms with van der Waals surface area (Å²) in [6.07, 6.45) is 0.838. The van der Waals surface area contributed by atoms with Gasteiger partial charge in [-0.2, -0.15) is 0 Å². The minimum atomic E-state index is -2.97. The summed E-state index contributed by atoms with van der Waals surface area (Å²) in [5, 5.41) is 0. The highest BCUT2D eigenvalue weighted by molar-refractivity contribution is 7.52. The molecular formula is C7H16NO4P. The van der Waals surface area contributed by atoms with E-state index < -0.39 is 13.5 Å². The van der Waals surface area contributed by atoms with E-state index in [2.05, 4.69) is 0 Å². The van der Waals surface area contributed by atoms with Gasteiger partial charge in [0.1, 0.15) is 0 Å². The summed E-state index contributed by atoms with van der Waals surface area (Å²) in [5.74, 6) is -0.476. The summed E-state index contributed by atoms with van der Waals surface area (Å²) >= 11 is 0. The summed E-state index contributed by atoms with van der Waals surface area (Å²) in [6.45, 7) is 3.73. The molecule has 0 aliphatic heterocycles. The van der Waals surface area contributed by atoms with Crippen LogP contribution in [0.1, 0.15) is 19.8 Å². The molecule has 0 aliphatic carbocycles. The molecule has 0 spiro atoms. The Kier molecular flexibility index (Phi) is 5.95. The largest absolute Gasteiger partial charge is 0.370 e. The highest BCUT2D eigenvalue weighted by Crippen LogP contribution is 2.43. The van der Waals surface area contributed by atoms with Gasteiger partial charge in [0.05, 0.1) is 19.6 Å². The Morgan fingerprint density at radius 1 is 1.38 bits per heavy atom. The van der Waals surface area contributed by atoms with Crippen molar-refractivity contribution < 1.29 is 18.4 Å². The predicted octanol–water partition coefficient (Wildman–Crippen LogP) is 1.13. The highest BCUT2D eigenvalue weighted by Gasteiger charge is 2.15. The van der Waals surface area contributed by atoms with Crippen LogP contribution in [0.25, 0.3) is 0 Å². The fraction of sp³-hybridized carbons (Fsp3) is 0.857. The molecule has 2 N–H and O–H groups in total. The van der Waals surface area contributed by atoms with E-state index >= 15 is 0 Å². The van der Waals surface area contributed by atoms with Gasteiger partial charge >= 0.3 is 7.60 Å². The Labute approximate surface area is 78.1 Å². The first-order valence-electron chi connectivity index (χ1n) is 4.13. The molecule has 0 fully saturated rings. The predicted molar refractivity (Wildman–Crippen MR) is 49.5 cm³/mol. The van der Waals surface area contributed by atoms with Gasteiger partial charge < -0.3 is 14.8 Å². The topological polar surface area (TPSA) is 78.6 Å². The molecule has 0 heterocycles. The van der Waals surface area contributed by atoms with Gasteiger partial charge in [-0.3, -0.25) is 9.36 Å². The molecule has 0 bridgehead atoms. The van der Waals surface area contributed by atoms with Crippen LogP contribution in [-0.4, -0.2) is 25.8 Å². The molecule has 78 valence electrons. The third-order valence-corrected chi connectivity index (χ3v) is 2.51. The lowest BCUT2D eigenvalue weighted by Crippen LogP contribution is -2.13. The minimum absolute atomic E-state index is 0.0484. The Hall–Kier alpha value is -0.380. The van der Waals surface area contributed by atoms with Crippen LogP contribution in [0.3, 0.4) is 0 Å². The summed E-state index contributed by atoms with van der Waals surface area (Å²) < 4.78 is 21.2. The molecule has 0 rings (SSSR count). The zero-order valence-electron chi connectivity index (χ0n) is 7.99. The van der Waals surface area contributed by atoms with E-state index in [9.17, 15) is 9.36 Å². The second kappa shape index (κ2) is 6.13. The highest BCUT2D eigenvalue weighted by atomic mass is 31.2. The van der Waals surface area contributed by atoms with Gasteiger partial charge in [0.25, 0.3) is 0 Å². The van der Waals surface area contributed by atoms with E-state index in [0.29, 0.717) is 6.61 Å². The van der Waals surface area contributed by atoms with E-state index in [4.69, 9.17) is 14.8 Å². The molecule has 0 aromatic carbocycles. The maximum Gasteiger partial charge on any atom is 0.327 e. The molecule has 0 saturated heterocycles. The number of carbonyl (C=O) groups is 1. The van der Waals surface area contributed by atoms with E-state index in [1.54, 1.807) is 0 Å².